The maximum Gasteiger partial charge on any atom is 0.302 e. The van der Waals surface area contributed by atoms with Crippen LogP contribution in [0.1, 0.15) is 6.92 Å². The number of hydrogen-bond donors (Lipinski definition) is 0. The molecular formula is C12H9NO7S-2. The molecule has 8 nitrogen and oxygen atoms in total. The Morgan fingerprint density at radius 2 is 2.10 bits per heavy atom. The number of nitrogens with zero attached hydrogens (tertiary/aromatic N) is 1. The molecule has 2 aliphatic rings. The molecule has 0 aromatic heterocycles. The maximum atomic E-state index is 11.9. The minimum atomic E-state index is -1.58. The van der Waals surface area contributed by atoms with Crippen LogP contribution in [0.5, 0.6) is 0 Å². The van der Waals surface area contributed by atoms with Crippen molar-refractivity contribution in [1.29, 1.82) is 0 Å². The summed E-state index contributed by atoms with van der Waals surface area (Å²) in [5, 5.41) is 21.0. The highest BCUT2D eigenvalue weighted by Crippen LogP contribution is 2.43. The largest absolute Gasteiger partial charge is 0.545 e. The zero-order valence-corrected chi connectivity index (χ0v) is 11.6. The van der Waals surface area contributed by atoms with E-state index >= 15 is 0 Å². The van der Waals surface area contributed by atoms with Crippen molar-refractivity contribution in [1.82, 2.24) is 4.90 Å². The van der Waals surface area contributed by atoms with Gasteiger partial charge in [-0.15, -0.1) is 11.8 Å². The number of carbonyl (C=O) groups excluding carboxylic acids is 4. The van der Waals surface area contributed by atoms with E-state index in [0.717, 1.165) is 16.7 Å². The molecule has 112 valence electrons. The second-order valence-electron chi connectivity index (χ2n) is 4.28. The van der Waals surface area contributed by atoms with Gasteiger partial charge in [0.05, 0.1) is 23.2 Å². The number of amides is 1. The number of carboxylic acids is 2. The van der Waals surface area contributed by atoms with E-state index in [9.17, 15) is 29.4 Å². The average Bonchev–Trinajstić information content (AvgIpc) is 2.40. The molecule has 2 aliphatic heterocycles. The third-order valence-corrected chi connectivity index (χ3v) is 4.17. The van der Waals surface area contributed by atoms with Gasteiger partial charge < -0.3 is 24.5 Å². The molecule has 2 heterocycles. The Kier molecular flexibility index (Phi) is 4.03. The second-order valence-corrected chi connectivity index (χ2v) is 5.35. The van der Waals surface area contributed by atoms with Crippen LogP contribution in [0.4, 0.5) is 0 Å². The van der Waals surface area contributed by atoms with Gasteiger partial charge in [0, 0.05) is 18.2 Å². The third kappa shape index (κ3) is 2.77. The molecule has 9 heteroatoms. The summed E-state index contributed by atoms with van der Waals surface area (Å²) in [5.41, 5.74) is -0.182. The number of rotatable bonds is 4. The molecule has 0 spiro atoms. The van der Waals surface area contributed by atoms with Gasteiger partial charge in [-0.2, -0.15) is 0 Å². The molecule has 0 aromatic rings. The molecule has 0 saturated carbocycles. The first-order valence-electron chi connectivity index (χ1n) is 5.77. The van der Waals surface area contributed by atoms with E-state index in [1.165, 1.54) is 6.92 Å². The van der Waals surface area contributed by atoms with Gasteiger partial charge in [0.1, 0.15) is 12.0 Å². The van der Waals surface area contributed by atoms with Crippen molar-refractivity contribution in [2.24, 2.45) is 0 Å². The molecule has 2 rings (SSSR count). The van der Waals surface area contributed by atoms with E-state index < -0.39 is 29.2 Å². The molecule has 0 aromatic carbocycles. The molecule has 0 N–H and O–H groups in total. The van der Waals surface area contributed by atoms with Gasteiger partial charge in [-0.1, -0.05) is 0 Å². The number of esters is 1. The van der Waals surface area contributed by atoms with Gasteiger partial charge in [0.2, 0.25) is 0 Å². The van der Waals surface area contributed by atoms with Crippen molar-refractivity contribution in [3.05, 3.63) is 22.9 Å². The minimum absolute atomic E-state index is 0.0368. The Morgan fingerprint density at radius 3 is 2.62 bits per heavy atom. The van der Waals surface area contributed by atoms with Crippen molar-refractivity contribution >= 4 is 35.6 Å². The zero-order valence-electron chi connectivity index (χ0n) is 10.8. The molecule has 0 aliphatic carbocycles. The van der Waals surface area contributed by atoms with E-state index in [1.54, 1.807) is 0 Å². The number of carboxylic acid groups (broad SMARTS) is 2. The van der Waals surface area contributed by atoms with Crippen LogP contribution in [0, 0.1) is 0 Å². The summed E-state index contributed by atoms with van der Waals surface area (Å²) < 4.78 is 4.74. The highest BCUT2D eigenvalue weighted by atomic mass is 32.2. The summed E-state index contributed by atoms with van der Waals surface area (Å²) in [5.74, 6) is -4.25. The smallest absolute Gasteiger partial charge is 0.302 e. The standard InChI is InChI=1S/C12H11NO7S/c1-5(14)20-3-6-4-21-11-7(2-8(15)16)10(17)13(11)9(6)12(18)19/h2,11H,3-4H2,1H3,(H,15,16)(H,18,19)/p-2/b7-2-/t11-/m1/s1. The van der Waals surface area contributed by atoms with Gasteiger partial charge in [-0.25, -0.2) is 0 Å². The predicted octanol–water partition coefficient (Wildman–Crippen LogP) is -2.86. The van der Waals surface area contributed by atoms with Crippen LogP contribution in [-0.4, -0.2) is 46.4 Å². The van der Waals surface area contributed by atoms with E-state index in [4.69, 9.17) is 4.74 Å². The van der Waals surface area contributed by atoms with Crippen molar-refractivity contribution < 1.29 is 34.1 Å². The molecule has 0 radical (unpaired) electrons. The molecule has 1 amide bonds. The molecule has 1 saturated heterocycles. The number of aliphatic carboxylic acids is 2. The number of fused-ring (bicyclic) bond motifs is 1. The minimum Gasteiger partial charge on any atom is -0.545 e. The van der Waals surface area contributed by atoms with Gasteiger partial charge in [0.25, 0.3) is 5.91 Å². The molecule has 21 heavy (non-hydrogen) atoms. The highest BCUT2D eigenvalue weighted by Gasteiger charge is 2.47. The molecule has 1 fully saturated rings. The fourth-order valence-corrected chi connectivity index (χ4v) is 3.30. The topological polar surface area (TPSA) is 127 Å². The van der Waals surface area contributed by atoms with Gasteiger partial charge in [0.15, 0.2) is 0 Å². The fraction of sp³-hybridized carbons (Fsp3) is 0.333. The second kappa shape index (κ2) is 5.60. The number of ether oxygens (including phenoxy) is 1. The van der Waals surface area contributed by atoms with Crippen molar-refractivity contribution in [3.63, 3.8) is 0 Å². The lowest BCUT2D eigenvalue weighted by Crippen LogP contribution is -2.58. The highest BCUT2D eigenvalue weighted by molar-refractivity contribution is 8.00. The van der Waals surface area contributed by atoms with Crippen molar-refractivity contribution in [2.45, 2.75) is 12.3 Å². The summed E-state index contributed by atoms with van der Waals surface area (Å²) in [6, 6.07) is 0. The summed E-state index contributed by atoms with van der Waals surface area (Å²) >= 11 is 1.15. The van der Waals surface area contributed by atoms with Crippen molar-refractivity contribution in [2.75, 3.05) is 12.4 Å². The van der Waals surface area contributed by atoms with Gasteiger partial charge in [-0.3, -0.25) is 14.5 Å². The molecule has 0 unspecified atom stereocenters. The Labute approximate surface area is 123 Å². The van der Waals surface area contributed by atoms with E-state index in [0.29, 0.717) is 6.08 Å². The average molecular weight is 311 g/mol. The fourth-order valence-electron chi connectivity index (χ4n) is 2.03. The summed E-state index contributed by atoms with van der Waals surface area (Å²) in [7, 11) is 0. The van der Waals surface area contributed by atoms with Crippen LogP contribution in [0.3, 0.4) is 0 Å². The maximum absolute atomic E-state index is 11.9. The number of carbonyl (C=O) groups is 4. The Bertz CT molecular complexity index is 607. The lowest BCUT2D eigenvalue weighted by atomic mass is 10.0. The Hall–Kier alpha value is -2.29. The van der Waals surface area contributed by atoms with Gasteiger partial charge >= 0.3 is 5.97 Å². The number of β-lactam (4-membered cyclic amide) rings is 1. The predicted molar refractivity (Wildman–Crippen MR) is 64.8 cm³/mol. The molecule has 1 atom stereocenters. The van der Waals surface area contributed by atoms with Crippen LogP contribution in [0.25, 0.3) is 0 Å². The zero-order chi connectivity index (χ0) is 15.7. The van der Waals surface area contributed by atoms with E-state index in [1.807, 2.05) is 0 Å². The third-order valence-electron chi connectivity index (χ3n) is 2.87. The first kappa shape index (κ1) is 15.1. The monoisotopic (exact) mass is 311 g/mol. The van der Waals surface area contributed by atoms with Crippen LogP contribution >= 0.6 is 11.8 Å². The molecule has 0 bridgehead atoms. The number of hydrogen-bond acceptors (Lipinski definition) is 8. The SMILES string of the molecule is CC(=O)OCC1=C(C(=O)[O-])N2C(=O)/C(=C/C(=O)[O-])[C@H]2SC1. The van der Waals surface area contributed by atoms with E-state index in [-0.39, 0.29) is 29.2 Å². The normalized spacial score (nSPS) is 22.7. The van der Waals surface area contributed by atoms with Crippen LogP contribution in [-0.2, 0) is 23.9 Å². The van der Waals surface area contributed by atoms with Crippen LogP contribution in [0.2, 0.25) is 0 Å². The first-order valence-corrected chi connectivity index (χ1v) is 6.82. The Morgan fingerprint density at radius 1 is 1.43 bits per heavy atom. The summed E-state index contributed by atoms with van der Waals surface area (Å²) in [6.45, 7) is 0.912. The summed E-state index contributed by atoms with van der Waals surface area (Å²) in [4.78, 5) is 45.3. The first-order chi connectivity index (χ1) is 9.82. The Balaban J connectivity index is 2.30. The molecular weight excluding hydrogens is 302 g/mol. The number of thioether (sulfide) groups is 1. The van der Waals surface area contributed by atoms with Crippen LogP contribution < -0.4 is 10.2 Å². The summed E-state index contributed by atoms with van der Waals surface area (Å²) in [6.07, 6.45) is 0.653. The van der Waals surface area contributed by atoms with Crippen LogP contribution in [0.15, 0.2) is 22.9 Å². The van der Waals surface area contributed by atoms with Crippen molar-refractivity contribution in [3.8, 4) is 0 Å². The lowest BCUT2D eigenvalue weighted by molar-refractivity contribution is -0.301. The lowest BCUT2D eigenvalue weighted by Gasteiger charge is -2.47. The van der Waals surface area contributed by atoms with E-state index in [2.05, 4.69) is 0 Å². The quantitative estimate of drug-likeness (QED) is 0.308. The van der Waals surface area contributed by atoms with Gasteiger partial charge in [-0.05, 0) is 6.08 Å².